The van der Waals surface area contributed by atoms with Crippen molar-refractivity contribution in [1.29, 1.82) is 0 Å². The van der Waals surface area contributed by atoms with Crippen molar-refractivity contribution in [1.82, 2.24) is 15.5 Å². The van der Waals surface area contributed by atoms with E-state index in [1.807, 2.05) is 6.07 Å². The molecule has 0 radical (unpaired) electrons. The molecule has 100 valence electrons. The molecule has 1 N–H and O–H groups in total. The topological polar surface area (TPSA) is 94.1 Å². The van der Waals surface area contributed by atoms with E-state index in [0.29, 0.717) is 31.8 Å². The Bertz CT molecular complexity index is 528. The van der Waals surface area contributed by atoms with Gasteiger partial charge in [-0.2, -0.15) is 4.98 Å². The Labute approximate surface area is 109 Å². The van der Waals surface area contributed by atoms with Gasteiger partial charge in [0.15, 0.2) is 5.82 Å². The van der Waals surface area contributed by atoms with Crippen LogP contribution < -0.4 is 5.32 Å². The second-order valence-corrected chi connectivity index (χ2v) is 3.98. The monoisotopic (exact) mass is 262 g/mol. The van der Waals surface area contributed by atoms with Gasteiger partial charge < -0.3 is 9.84 Å². The zero-order valence-corrected chi connectivity index (χ0v) is 10.3. The number of nitrogens with one attached hydrogen (secondary N) is 1. The number of para-hydroxylation sites is 1. The fourth-order valence-corrected chi connectivity index (χ4v) is 1.75. The maximum Gasteiger partial charge on any atom is 0.272 e. The molecule has 1 heterocycles. The number of benzene rings is 1. The average Bonchev–Trinajstić information content (AvgIpc) is 2.92. The van der Waals surface area contributed by atoms with Gasteiger partial charge in [0, 0.05) is 24.6 Å². The summed E-state index contributed by atoms with van der Waals surface area (Å²) >= 11 is 0. The molecule has 0 aliphatic carbocycles. The molecule has 0 saturated heterocycles. The van der Waals surface area contributed by atoms with Crippen molar-refractivity contribution in [3.05, 3.63) is 52.2 Å². The molecular weight excluding hydrogens is 248 g/mol. The molecule has 0 atom stereocenters. The highest BCUT2D eigenvalue weighted by Gasteiger charge is 2.11. The van der Waals surface area contributed by atoms with Crippen LogP contribution in [-0.4, -0.2) is 28.2 Å². The maximum atomic E-state index is 10.8. The Balaban J connectivity index is 1.75. The Kier molecular flexibility index (Phi) is 4.57. The predicted octanol–water partition coefficient (Wildman–Crippen LogP) is 1.35. The van der Waals surface area contributed by atoms with Gasteiger partial charge in [-0.1, -0.05) is 23.4 Å². The summed E-state index contributed by atoms with van der Waals surface area (Å²) in [5, 5.41) is 17.7. The van der Waals surface area contributed by atoms with Gasteiger partial charge in [0.25, 0.3) is 5.69 Å². The van der Waals surface area contributed by atoms with Crippen LogP contribution in [0.4, 0.5) is 5.69 Å². The van der Waals surface area contributed by atoms with E-state index in [0.717, 1.165) is 5.56 Å². The molecule has 1 aromatic heterocycles. The molecule has 7 heteroatoms. The third kappa shape index (κ3) is 3.85. The smallest absolute Gasteiger partial charge is 0.272 e. The first-order chi connectivity index (χ1) is 9.27. The first-order valence-corrected chi connectivity index (χ1v) is 5.95. The van der Waals surface area contributed by atoms with Gasteiger partial charge in [-0.05, 0) is 13.0 Å². The highest BCUT2D eigenvalue weighted by molar-refractivity contribution is 5.39. The summed E-state index contributed by atoms with van der Waals surface area (Å²) in [5.74, 6) is 0.651. The molecule has 0 fully saturated rings. The molecular formula is C12H14N4O3. The summed E-state index contributed by atoms with van der Waals surface area (Å²) in [6, 6.07) is 6.78. The van der Waals surface area contributed by atoms with E-state index in [1.165, 1.54) is 12.5 Å². The molecule has 0 saturated carbocycles. The Morgan fingerprint density at radius 2 is 2.05 bits per heavy atom. The van der Waals surface area contributed by atoms with Crippen molar-refractivity contribution in [3.63, 3.8) is 0 Å². The average molecular weight is 262 g/mol. The standard InChI is InChI=1S/C12H14N4O3/c17-16(18)11-4-2-1-3-10(11)5-7-13-8-6-12-14-9-19-15-12/h1-4,9,13H,5-8H2. The number of hydrogen-bond donors (Lipinski definition) is 1. The van der Waals surface area contributed by atoms with Crippen molar-refractivity contribution in [2.45, 2.75) is 12.8 Å². The van der Waals surface area contributed by atoms with E-state index in [2.05, 4.69) is 20.0 Å². The molecule has 0 amide bonds. The fourth-order valence-electron chi connectivity index (χ4n) is 1.75. The van der Waals surface area contributed by atoms with Gasteiger partial charge in [0.05, 0.1) is 4.92 Å². The normalized spacial score (nSPS) is 10.5. The number of nitrogens with zero attached hydrogens (tertiary/aromatic N) is 3. The van der Waals surface area contributed by atoms with Gasteiger partial charge in [0.1, 0.15) is 0 Å². The first-order valence-electron chi connectivity index (χ1n) is 5.95. The summed E-state index contributed by atoms with van der Waals surface area (Å²) in [6.07, 6.45) is 2.58. The lowest BCUT2D eigenvalue weighted by Crippen LogP contribution is -2.20. The number of nitro benzene ring substituents is 1. The Morgan fingerprint density at radius 3 is 2.79 bits per heavy atom. The molecule has 2 rings (SSSR count). The Hall–Kier alpha value is -2.28. The van der Waals surface area contributed by atoms with E-state index >= 15 is 0 Å². The third-order valence-corrected chi connectivity index (χ3v) is 2.69. The van der Waals surface area contributed by atoms with Crippen LogP contribution in [0.5, 0.6) is 0 Å². The van der Waals surface area contributed by atoms with Gasteiger partial charge in [-0.3, -0.25) is 10.1 Å². The summed E-state index contributed by atoms with van der Waals surface area (Å²) in [5.41, 5.74) is 0.905. The molecule has 0 aliphatic rings. The lowest BCUT2D eigenvalue weighted by molar-refractivity contribution is -0.385. The van der Waals surface area contributed by atoms with Gasteiger partial charge in [-0.15, -0.1) is 0 Å². The van der Waals surface area contributed by atoms with Crippen LogP contribution in [0.3, 0.4) is 0 Å². The second kappa shape index (κ2) is 6.60. The summed E-state index contributed by atoms with van der Waals surface area (Å²) < 4.78 is 4.62. The van der Waals surface area contributed by atoms with Gasteiger partial charge in [0.2, 0.25) is 6.39 Å². The van der Waals surface area contributed by atoms with Crippen LogP contribution in [0.15, 0.2) is 35.2 Å². The molecule has 0 aliphatic heterocycles. The molecule has 1 aromatic carbocycles. The highest BCUT2D eigenvalue weighted by Crippen LogP contribution is 2.17. The minimum atomic E-state index is -0.353. The summed E-state index contributed by atoms with van der Waals surface area (Å²) in [7, 11) is 0. The number of aromatic nitrogens is 2. The quantitative estimate of drug-likeness (QED) is 0.460. The van der Waals surface area contributed by atoms with Crippen LogP contribution in [0.1, 0.15) is 11.4 Å². The van der Waals surface area contributed by atoms with E-state index in [4.69, 9.17) is 0 Å². The second-order valence-electron chi connectivity index (χ2n) is 3.98. The minimum absolute atomic E-state index is 0.169. The molecule has 0 bridgehead atoms. The Morgan fingerprint density at radius 1 is 1.26 bits per heavy atom. The molecule has 0 unspecified atom stereocenters. The molecule has 0 spiro atoms. The van der Waals surface area contributed by atoms with Crippen molar-refractivity contribution < 1.29 is 9.45 Å². The lowest BCUT2D eigenvalue weighted by Gasteiger charge is -2.04. The van der Waals surface area contributed by atoms with Gasteiger partial charge in [-0.25, -0.2) is 0 Å². The van der Waals surface area contributed by atoms with E-state index in [9.17, 15) is 10.1 Å². The van der Waals surface area contributed by atoms with Crippen molar-refractivity contribution in [2.75, 3.05) is 13.1 Å². The van der Waals surface area contributed by atoms with Crippen LogP contribution in [0, 0.1) is 10.1 Å². The van der Waals surface area contributed by atoms with Crippen LogP contribution in [-0.2, 0) is 12.8 Å². The van der Waals surface area contributed by atoms with E-state index in [-0.39, 0.29) is 10.6 Å². The van der Waals surface area contributed by atoms with Crippen molar-refractivity contribution in [2.24, 2.45) is 0 Å². The zero-order valence-electron chi connectivity index (χ0n) is 10.3. The number of rotatable bonds is 7. The van der Waals surface area contributed by atoms with E-state index < -0.39 is 0 Å². The fraction of sp³-hybridized carbons (Fsp3) is 0.333. The van der Waals surface area contributed by atoms with Crippen molar-refractivity contribution in [3.8, 4) is 0 Å². The minimum Gasteiger partial charge on any atom is -0.343 e. The maximum absolute atomic E-state index is 10.8. The number of hydrogen-bond acceptors (Lipinski definition) is 6. The lowest BCUT2D eigenvalue weighted by atomic mass is 10.1. The van der Waals surface area contributed by atoms with Crippen LogP contribution in [0.25, 0.3) is 0 Å². The molecule has 2 aromatic rings. The van der Waals surface area contributed by atoms with Crippen LogP contribution >= 0.6 is 0 Å². The highest BCUT2D eigenvalue weighted by atomic mass is 16.6. The van der Waals surface area contributed by atoms with E-state index in [1.54, 1.807) is 12.1 Å². The SMILES string of the molecule is O=[N+]([O-])c1ccccc1CCNCCc1ncon1. The van der Waals surface area contributed by atoms with Gasteiger partial charge >= 0.3 is 0 Å². The summed E-state index contributed by atoms with van der Waals surface area (Å²) in [6.45, 7) is 1.38. The van der Waals surface area contributed by atoms with Crippen molar-refractivity contribution >= 4 is 5.69 Å². The largest absolute Gasteiger partial charge is 0.343 e. The van der Waals surface area contributed by atoms with Crippen LogP contribution in [0.2, 0.25) is 0 Å². The third-order valence-electron chi connectivity index (χ3n) is 2.69. The first kappa shape index (κ1) is 13.2. The summed E-state index contributed by atoms with van der Waals surface area (Å²) in [4.78, 5) is 14.4. The number of nitro groups is 1. The predicted molar refractivity (Wildman–Crippen MR) is 67.7 cm³/mol. The molecule has 19 heavy (non-hydrogen) atoms. The molecule has 7 nitrogen and oxygen atoms in total. The zero-order chi connectivity index (χ0) is 13.5.